The molecule has 0 aromatic rings. The lowest BCUT2D eigenvalue weighted by atomic mass is 10.2. The fourth-order valence-corrected chi connectivity index (χ4v) is 1.64. The van der Waals surface area contributed by atoms with Gasteiger partial charge in [0.2, 0.25) is 0 Å². The van der Waals surface area contributed by atoms with Crippen LogP contribution in [0.25, 0.3) is 0 Å². The number of rotatable bonds is 11. The predicted octanol–water partition coefficient (Wildman–Crippen LogP) is -0.238. The van der Waals surface area contributed by atoms with Crippen LogP contribution in [0, 0.1) is 0 Å². The molecular formula is C12H27N3O3. The molecule has 18 heavy (non-hydrogen) atoms. The molecule has 4 N–H and O–H groups in total. The van der Waals surface area contributed by atoms with E-state index in [1.807, 2.05) is 7.05 Å². The number of carbonyl (C=O) groups is 1. The number of nitrogens with one attached hydrogen (secondary N) is 2. The molecule has 0 fully saturated rings. The molecule has 0 spiro atoms. The van der Waals surface area contributed by atoms with E-state index < -0.39 is 0 Å². The van der Waals surface area contributed by atoms with Gasteiger partial charge in [-0.2, -0.15) is 0 Å². The molecule has 0 saturated heterocycles. The van der Waals surface area contributed by atoms with Gasteiger partial charge in [0.05, 0.1) is 13.2 Å². The Morgan fingerprint density at radius 2 is 1.56 bits per heavy atom. The van der Waals surface area contributed by atoms with Gasteiger partial charge in [0.15, 0.2) is 0 Å². The van der Waals surface area contributed by atoms with Gasteiger partial charge in [-0.05, 0) is 26.4 Å². The molecule has 0 aromatic carbocycles. The van der Waals surface area contributed by atoms with Crippen LogP contribution in [0.3, 0.4) is 0 Å². The van der Waals surface area contributed by atoms with E-state index in [1.165, 1.54) is 4.90 Å². The summed E-state index contributed by atoms with van der Waals surface area (Å²) in [4.78, 5) is 13.1. The summed E-state index contributed by atoms with van der Waals surface area (Å²) >= 11 is 0. The zero-order valence-electron chi connectivity index (χ0n) is 11.3. The molecule has 0 bridgehead atoms. The van der Waals surface area contributed by atoms with Crippen molar-refractivity contribution in [2.45, 2.75) is 25.7 Å². The van der Waals surface area contributed by atoms with Gasteiger partial charge in [0, 0.05) is 19.6 Å². The minimum atomic E-state index is -0.215. The van der Waals surface area contributed by atoms with Crippen molar-refractivity contribution in [1.29, 1.82) is 0 Å². The quantitative estimate of drug-likeness (QED) is 0.387. The Morgan fingerprint density at radius 3 is 2.06 bits per heavy atom. The topological polar surface area (TPSA) is 84.8 Å². The Hall–Kier alpha value is -0.850. The molecule has 0 radical (unpaired) electrons. The Balaban J connectivity index is 3.54. The van der Waals surface area contributed by atoms with Gasteiger partial charge >= 0.3 is 6.03 Å². The second-order valence-corrected chi connectivity index (χ2v) is 4.18. The molecule has 0 atom stereocenters. The number of amides is 2. The number of nitrogens with zero attached hydrogens (tertiary/aromatic N) is 1. The van der Waals surface area contributed by atoms with Crippen molar-refractivity contribution in [3.63, 3.8) is 0 Å². The van der Waals surface area contributed by atoms with Crippen molar-refractivity contribution >= 4 is 6.03 Å². The van der Waals surface area contributed by atoms with Crippen LogP contribution in [0.2, 0.25) is 0 Å². The lowest BCUT2D eigenvalue weighted by molar-refractivity contribution is 0.158. The predicted molar refractivity (Wildman–Crippen MR) is 71.5 cm³/mol. The third-order valence-electron chi connectivity index (χ3n) is 2.66. The number of aliphatic hydroxyl groups is 2. The number of aliphatic hydroxyl groups excluding tert-OH is 2. The summed E-state index contributed by atoms with van der Waals surface area (Å²) in [7, 11) is 1.94. The van der Waals surface area contributed by atoms with Crippen LogP contribution in [-0.4, -0.2) is 67.6 Å². The summed E-state index contributed by atoms with van der Waals surface area (Å²) < 4.78 is 0. The van der Waals surface area contributed by atoms with Crippen LogP contribution in [0.15, 0.2) is 0 Å². The van der Waals surface area contributed by atoms with E-state index in [9.17, 15) is 4.79 Å². The third-order valence-corrected chi connectivity index (χ3v) is 2.66. The lowest BCUT2D eigenvalue weighted by Gasteiger charge is -2.21. The maximum atomic E-state index is 11.6. The van der Waals surface area contributed by atoms with Crippen LogP contribution in [0.1, 0.15) is 25.7 Å². The van der Waals surface area contributed by atoms with E-state index in [0.717, 1.165) is 32.2 Å². The highest BCUT2D eigenvalue weighted by atomic mass is 16.3. The zero-order valence-corrected chi connectivity index (χ0v) is 11.3. The molecular weight excluding hydrogens is 234 g/mol. The van der Waals surface area contributed by atoms with E-state index in [-0.39, 0.29) is 32.3 Å². The molecule has 0 aliphatic heterocycles. The first-order valence-electron chi connectivity index (χ1n) is 6.65. The SMILES string of the molecule is CNCCCCCCNC(=O)N(CCO)CCO. The molecule has 0 aliphatic rings. The summed E-state index contributed by atoms with van der Waals surface area (Å²) in [5.74, 6) is 0. The number of carbonyl (C=O) groups excluding carboxylic acids is 1. The number of unbranched alkanes of at least 4 members (excludes halogenated alkanes) is 3. The third kappa shape index (κ3) is 9.21. The van der Waals surface area contributed by atoms with Gasteiger partial charge in [-0.25, -0.2) is 4.79 Å². The van der Waals surface area contributed by atoms with Gasteiger partial charge in [-0.1, -0.05) is 12.8 Å². The largest absolute Gasteiger partial charge is 0.395 e. The monoisotopic (exact) mass is 261 g/mol. The summed E-state index contributed by atoms with van der Waals surface area (Å²) in [6.45, 7) is 2.02. The first-order valence-corrected chi connectivity index (χ1v) is 6.65. The van der Waals surface area contributed by atoms with E-state index in [1.54, 1.807) is 0 Å². The Bertz CT molecular complexity index is 197. The minimum Gasteiger partial charge on any atom is -0.395 e. The standard InChI is InChI=1S/C12H27N3O3/c1-13-6-4-2-3-5-7-14-12(18)15(8-10-16)9-11-17/h13,16-17H,2-11H2,1H3,(H,14,18). The first kappa shape index (κ1) is 17.2. The van der Waals surface area contributed by atoms with Crippen molar-refractivity contribution in [1.82, 2.24) is 15.5 Å². The number of urea groups is 1. The second kappa shape index (κ2) is 12.6. The van der Waals surface area contributed by atoms with E-state index in [4.69, 9.17) is 10.2 Å². The van der Waals surface area contributed by atoms with Crippen molar-refractivity contribution in [2.24, 2.45) is 0 Å². The Morgan fingerprint density at radius 1 is 1.00 bits per heavy atom. The molecule has 0 aliphatic carbocycles. The molecule has 0 heterocycles. The maximum absolute atomic E-state index is 11.6. The van der Waals surface area contributed by atoms with Gasteiger partial charge < -0.3 is 25.7 Å². The van der Waals surface area contributed by atoms with Gasteiger partial charge in [-0.15, -0.1) is 0 Å². The molecule has 0 saturated carbocycles. The van der Waals surface area contributed by atoms with Crippen LogP contribution >= 0.6 is 0 Å². The first-order chi connectivity index (χ1) is 8.76. The van der Waals surface area contributed by atoms with Crippen LogP contribution in [-0.2, 0) is 0 Å². The van der Waals surface area contributed by atoms with Crippen LogP contribution < -0.4 is 10.6 Å². The Labute approximate surface area is 109 Å². The average molecular weight is 261 g/mol. The van der Waals surface area contributed by atoms with Gasteiger partial charge in [-0.3, -0.25) is 0 Å². The fraction of sp³-hybridized carbons (Fsp3) is 0.917. The highest BCUT2D eigenvalue weighted by Crippen LogP contribution is 1.98. The van der Waals surface area contributed by atoms with Gasteiger partial charge in [0.25, 0.3) is 0 Å². The van der Waals surface area contributed by atoms with E-state index >= 15 is 0 Å². The zero-order chi connectivity index (χ0) is 13.6. The second-order valence-electron chi connectivity index (χ2n) is 4.18. The van der Waals surface area contributed by atoms with Crippen LogP contribution in [0.5, 0.6) is 0 Å². The molecule has 108 valence electrons. The molecule has 0 rings (SSSR count). The number of hydrogen-bond donors (Lipinski definition) is 4. The molecule has 0 aromatic heterocycles. The van der Waals surface area contributed by atoms with Crippen molar-refractivity contribution in [3.8, 4) is 0 Å². The van der Waals surface area contributed by atoms with Crippen LogP contribution in [0.4, 0.5) is 4.79 Å². The van der Waals surface area contributed by atoms with Crippen molar-refractivity contribution < 1.29 is 15.0 Å². The van der Waals surface area contributed by atoms with Gasteiger partial charge in [0.1, 0.15) is 0 Å². The molecule has 6 heteroatoms. The molecule has 0 unspecified atom stereocenters. The van der Waals surface area contributed by atoms with E-state index in [0.29, 0.717) is 6.54 Å². The lowest BCUT2D eigenvalue weighted by Crippen LogP contribution is -2.43. The normalized spacial score (nSPS) is 10.4. The van der Waals surface area contributed by atoms with E-state index in [2.05, 4.69) is 10.6 Å². The van der Waals surface area contributed by atoms with Crippen molar-refractivity contribution in [2.75, 3.05) is 46.4 Å². The smallest absolute Gasteiger partial charge is 0.317 e. The summed E-state index contributed by atoms with van der Waals surface area (Å²) in [5, 5.41) is 23.5. The highest BCUT2D eigenvalue weighted by molar-refractivity contribution is 5.74. The highest BCUT2D eigenvalue weighted by Gasteiger charge is 2.10. The average Bonchev–Trinajstić information content (AvgIpc) is 2.37. The summed E-state index contributed by atoms with van der Waals surface area (Å²) in [6, 6.07) is -0.215. The Kier molecular flexibility index (Phi) is 12.0. The number of hydrogen-bond acceptors (Lipinski definition) is 4. The minimum absolute atomic E-state index is 0.0859. The molecule has 6 nitrogen and oxygen atoms in total. The molecule has 2 amide bonds. The summed E-state index contributed by atoms with van der Waals surface area (Å²) in [6.07, 6.45) is 4.38. The summed E-state index contributed by atoms with van der Waals surface area (Å²) in [5.41, 5.74) is 0. The maximum Gasteiger partial charge on any atom is 0.317 e. The fourth-order valence-electron chi connectivity index (χ4n) is 1.64. The van der Waals surface area contributed by atoms with Crippen molar-refractivity contribution in [3.05, 3.63) is 0 Å².